The molecule has 14 heavy (non-hydrogen) atoms. The van der Waals surface area contributed by atoms with Gasteiger partial charge < -0.3 is 5.73 Å². The Morgan fingerprint density at radius 3 is 2.79 bits per heavy atom. The number of anilines is 1. The van der Waals surface area contributed by atoms with Crippen LogP contribution in [0.25, 0.3) is 11.1 Å². The molecule has 2 heterocycles. The van der Waals surface area contributed by atoms with Crippen LogP contribution in [0.1, 0.15) is 5.69 Å². The van der Waals surface area contributed by atoms with Gasteiger partial charge in [-0.05, 0) is 30.7 Å². The van der Waals surface area contributed by atoms with Crippen molar-refractivity contribution < 1.29 is 0 Å². The van der Waals surface area contributed by atoms with E-state index in [-0.39, 0.29) is 0 Å². The minimum absolute atomic E-state index is 0.741. The first-order chi connectivity index (χ1) is 6.77. The summed E-state index contributed by atoms with van der Waals surface area (Å²) in [6.07, 6.45) is 5.23. The molecular weight excluding hydrogens is 174 g/mol. The lowest BCUT2D eigenvalue weighted by Crippen LogP contribution is -1.91. The highest BCUT2D eigenvalue weighted by Crippen LogP contribution is 2.23. The molecule has 70 valence electrons. The summed E-state index contributed by atoms with van der Waals surface area (Å²) in [5.41, 5.74) is 9.58. The zero-order valence-electron chi connectivity index (χ0n) is 7.94. The van der Waals surface area contributed by atoms with Gasteiger partial charge in [-0.3, -0.25) is 9.97 Å². The molecular formula is C11H11N3. The normalized spacial score (nSPS) is 10.1. The highest BCUT2D eigenvalue weighted by Gasteiger charge is 2.01. The average molecular weight is 185 g/mol. The van der Waals surface area contributed by atoms with Crippen molar-refractivity contribution in [2.75, 3.05) is 5.73 Å². The predicted octanol–water partition coefficient (Wildman–Crippen LogP) is 2.03. The van der Waals surface area contributed by atoms with Gasteiger partial charge in [0.15, 0.2) is 0 Å². The molecule has 0 aliphatic rings. The highest BCUT2D eigenvalue weighted by molar-refractivity contribution is 5.74. The molecule has 2 rings (SSSR count). The van der Waals surface area contributed by atoms with Crippen molar-refractivity contribution >= 4 is 5.69 Å². The summed E-state index contributed by atoms with van der Waals surface area (Å²) in [6, 6.07) is 5.72. The third-order valence-corrected chi connectivity index (χ3v) is 2.06. The van der Waals surface area contributed by atoms with Gasteiger partial charge in [-0.2, -0.15) is 0 Å². The third-order valence-electron chi connectivity index (χ3n) is 2.06. The van der Waals surface area contributed by atoms with E-state index in [2.05, 4.69) is 9.97 Å². The van der Waals surface area contributed by atoms with Gasteiger partial charge in [-0.15, -0.1) is 0 Å². The minimum atomic E-state index is 0.741. The van der Waals surface area contributed by atoms with E-state index < -0.39 is 0 Å². The number of pyridine rings is 2. The van der Waals surface area contributed by atoms with Crippen molar-refractivity contribution in [1.82, 2.24) is 9.97 Å². The summed E-state index contributed by atoms with van der Waals surface area (Å²) < 4.78 is 0. The fourth-order valence-electron chi connectivity index (χ4n) is 1.36. The van der Waals surface area contributed by atoms with Crippen molar-refractivity contribution in [3.8, 4) is 11.1 Å². The van der Waals surface area contributed by atoms with Gasteiger partial charge >= 0.3 is 0 Å². The molecule has 2 aromatic heterocycles. The van der Waals surface area contributed by atoms with Crippen molar-refractivity contribution in [2.24, 2.45) is 0 Å². The SMILES string of the molecule is Cc1cc(-c2cnccc2N)ccn1. The molecule has 0 atom stereocenters. The number of hydrogen-bond donors (Lipinski definition) is 1. The zero-order valence-corrected chi connectivity index (χ0v) is 7.94. The Kier molecular flexibility index (Phi) is 2.14. The summed E-state index contributed by atoms with van der Waals surface area (Å²) in [5, 5.41) is 0. The first-order valence-corrected chi connectivity index (χ1v) is 4.40. The molecule has 0 amide bonds. The molecule has 0 saturated carbocycles. The van der Waals surface area contributed by atoms with E-state index in [0.29, 0.717) is 0 Å². The van der Waals surface area contributed by atoms with Gasteiger partial charge in [0.2, 0.25) is 0 Å². The number of hydrogen-bond acceptors (Lipinski definition) is 3. The standard InChI is InChI=1S/C11H11N3/c1-8-6-9(2-5-14-8)10-7-13-4-3-11(10)12/h2-7H,1H3,(H2,12,13). The van der Waals surface area contributed by atoms with Gasteiger partial charge in [-0.25, -0.2) is 0 Å². The largest absolute Gasteiger partial charge is 0.398 e. The summed E-state index contributed by atoms with van der Waals surface area (Å²) >= 11 is 0. The smallest absolute Gasteiger partial charge is 0.0424 e. The molecule has 0 unspecified atom stereocenters. The van der Waals surface area contributed by atoms with Crippen LogP contribution in [0.4, 0.5) is 5.69 Å². The maximum absolute atomic E-state index is 5.84. The second-order valence-corrected chi connectivity index (χ2v) is 3.15. The van der Waals surface area contributed by atoms with Crippen LogP contribution in [0.2, 0.25) is 0 Å². The second kappa shape index (κ2) is 3.46. The maximum atomic E-state index is 5.84. The van der Waals surface area contributed by atoms with Crippen LogP contribution in [-0.4, -0.2) is 9.97 Å². The topological polar surface area (TPSA) is 51.8 Å². The first kappa shape index (κ1) is 8.69. The Bertz CT molecular complexity index is 452. The van der Waals surface area contributed by atoms with Crippen LogP contribution in [0.3, 0.4) is 0 Å². The number of rotatable bonds is 1. The quantitative estimate of drug-likeness (QED) is 0.739. The fourth-order valence-corrected chi connectivity index (χ4v) is 1.36. The van der Waals surface area contributed by atoms with Crippen LogP contribution in [0, 0.1) is 6.92 Å². The van der Waals surface area contributed by atoms with E-state index in [1.807, 2.05) is 19.1 Å². The van der Waals surface area contributed by atoms with Gasteiger partial charge in [0.1, 0.15) is 0 Å². The van der Waals surface area contributed by atoms with Gasteiger partial charge in [0, 0.05) is 35.5 Å². The number of nitrogens with two attached hydrogens (primary N) is 1. The Balaban J connectivity index is 2.55. The van der Waals surface area contributed by atoms with Gasteiger partial charge in [-0.1, -0.05) is 0 Å². The lowest BCUT2D eigenvalue weighted by atomic mass is 10.1. The number of nitrogens with zero attached hydrogens (tertiary/aromatic N) is 2. The summed E-state index contributed by atoms with van der Waals surface area (Å²) in [6.45, 7) is 1.95. The molecule has 2 N–H and O–H groups in total. The second-order valence-electron chi connectivity index (χ2n) is 3.15. The zero-order chi connectivity index (χ0) is 9.97. The van der Waals surface area contributed by atoms with Crippen molar-refractivity contribution in [1.29, 1.82) is 0 Å². The Hall–Kier alpha value is -1.90. The lowest BCUT2D eigenvalue weighted by molar-refractivity contribution is 1.20. The van der Waals surface area contributed by atoms with E-state index in [4.69, 9.17) is 5.73 Å². The van der Waals surface area contributed by atoms with Crippen molar-refractivity contribution in [2.45, 2.75) is 6.92 Å². The Morgan fingerprint density at radius 1 is 1.21 bits per heavy atom. The highest BCUT2D eigenvalue weighted by atomic mass is 14.7. The first-order valence-electron chi connectivity index (χ1n) is 4.40. The predicted molar refractivity (Wildman–Crippen MR) is 56.6 cm³/mol. The van der Waals surface area contributed by atoms with Gasteiger partial charge in [0.05, 0.1) is 0 Å². The number of nitrogen functional groups attached to an aromatic ring is 1. The molecule has 0 aliphatic carbocycles. The molecule has 3 heteroatoms. The molecule has 0 bridgehead atoms. The van der Waals surface area contributed by atoms with Crippen molar-refractivity contribution in [3.63, 3.8) is 0 Å². The number of aryl methyl sites for hydroxylation is 1. The fraction of sp³-hybridized carbons (Fsp3) is 0.0909. The summed E-state index contributed by atoms with van der Waals surface area (Å²) in [5.74, 6) is 0. The molecule has 3 nitrogen and oxygen atoms in total. The Morgan fingerprint density at radius 2 is 2.07 bits per heavy atom. The lowest BCUT2D eigenvalue weighted by Gasteiger charge is -2.04. The molecule has 2 aromatic rings. The average Bonchev–Trinajstić information content (AvgIpc) is 2.18. The van der Waals surface area contributed by atoms with Gasteiger partial charge in [0.25, 0.3) is 0 Å². The van der Waals surface area contributed by atoms with E-state index >= 15 is 0 Å². The van der Waals surface area contributed by atoms with Crippen LogP contribution >= 0.6 is 0 Å². The van der Waals surface area contributed by atoms with E-state index in [0.717, 1.165) is 22.5 Å². The number of aromatic nitrogens is 2. The molecule has 0 aliphatic heterocycles. The maximum Gasteiger partial charge on any atom is 0.0424 e. The summed E-state index contributed by atoms with van der Waals surface area (Å²) in [4.78, 5) is 8.18. The van der Waals surface area contributed by atoms with Crippen LogP contribution in [0.5, 0.6) is 0 Å². The van der Waals surface area contributed by atoms with Crippen LogP contribution in [0.15, 0.2) is 36.8 Å². The molecule has 0 saturated heterocycles. The molecule has 0 spiro atoms. The third kappa shape index (κ3) is 1.57. The molecule has 0 fully saturated rings. The molecule has 0 radical (unpaired) electrons. The molecule has 0 aromatic carbocycles. The Labute approximate surface area is 82.6 Å². The van der Waals surface area contributed by atoms with E-state index in [9.17, 15) is 0 Å². The van der Waals surface area contributed by atoms with E-state index in [1.54, 1.807) is 24.7 Å². The van der Waals surface area contributed by atoms with E-state index in [1.165, 1.54) is 0 Å². The van der Waals surface area contributed by atoms with Crippen molar-refractivity contribution in [3.05, 3.63) is 42.5 Å². The minimum Gasteiger partial charge on any atom is -0.398 e. The van der Waals surface area contributed by atoms with Crippen LogP contribution in [-0.2, 0) is 0 Å². The monoisotopic (exact) mass is 185 g/mol. The summed E-state index contributed by atoms with van der Waals surface area (Å²) in [7, 11) is 0. The van der Waals surface area contributed by atoms with Crippen LogP contribution < -0.4 is 5.73 Å².